The largest absolute Gasteiger partial charge is 0.493 e. The first-order valence-corrected chi connectivity index (χ1v) is 9.37. The fraction of sp³-hybridized carbons (Fsp3) is 0.136. The molecule has 2 N–H and O–H groups in total. The van der Waals surface area contributed by atoms with E-state index in [1.807, 2.05) is 0 Å². The van der Waals surface area contributed by atoms with Crippen molar-refractivity contribution in [2.24, 2.45) is 0 Å². The van der Waals surface area contributed by atoms with Gasteiger partial charge in [0.1, 0.15) is 17.4 Å². The first kappa shape index (κ1) is 20.7. The number of nitrogens with one attached hydrogen (secondary N) is 2. The first-order valence-electron chi connectivity index (χ1n) is 9.37. The van der Waals surface area contributed by atoms with E-state index in [9.17, 15) is 14.4 Å². The lowest BCUT2D eigenvalue weighted by Gasteiger charge is -2.14. The van der Waals surface area contributed by atoms with Gasteiger partial charge in [-0.2, -0.15) is 14.9 Å². The lowest BCUT2D eigenvalue weighted by molar-refractivity contribution is 0.102. The zero-order valence-corrected chi connectivity index (χ0v) is 17.4. The van der Waals surface area contributed by atoms with Gasteiger partial charge in [-0.1, -0.05) is 0 Å². The number of nitrogens with zero attached hydrogens (tertiary/aromatic N) is 3. The standard InChI is InChI=1S/C22H18FN5O4/c1-30-16-8-13(9-17(31-2)19(16)32-3)18-21(28-20(26-18)14(10-24)11-25-28)27-22(29)12-4-6-15(23)7-5-12/h4-9,11,26H,1-3H3,(H,27,29). The molecule has 0 aliphatic heterocycles. The number of fused-ring (bicyclic) bond motifs is 1. The smallest absolute Gasteiger partial charge is 0.256 e. The molecule has 0 aliphatic rings. The van der Waals surface area contributed by atoms with Crippen LogP contribution in [0.15, 0.2) is 42.6 Å². The van der Waals surface area contributed by atoms with E-state index in [4.69, 9.17) is 14.2 Å². The van der Waals surface area contributed by atoms with Gasteiger partial charge in [0.15, 0.2) is 23.0 Å². The van der Waals surface area contributed by atoms with Gasteiger partial charge in [-0.15, -0.1) is 0 Å². The van der Waals surface area contributed by atoms with Gasteiger partial charge in [-0.3, -0.25) is 4.79 Å². The Labute approximate surface area is 181 Å². The van der Waals surface area contributed by atoms with Crippen molar-refractivity contribution in [3.05, 3.63) is 59.5 Å². The van der Waals surface area contributed by atoms with Crippen LogP contribution in [-0.4, -0.2) is 41.8 Å². The third-order valence-corrected chi connectivity index (χ3v) is 4.87. The summed E-state index contributed by atoms with van der Waals surface area (Å²) in [5, 5.41) is 16.4. The van der Waals surface area contributed by atoms with Crippen LogP contribution < -0.4 is 19.5 Å². The molecule has 10 heteroatoms. The minimum atomic E-state index is -0.478. The summed E-state index contributed by atoms with van der Waals surface area (Å²) >= 11 is 0. The van der Waals surface area contributed by atoms with Crippen LogP contribution in [0.1, 0.15) is 15.9 Å². The van der Waals surface area contributed by atoms with E-state index in [0.29, 0.717) is 39.7 Å². The average Bonchev–Trinajstić information content (AvgIpc) is 3.38. The number of anilines is 1. The molecular weight excluding hydrogens is 417 g/mol. The molecule has 4 aromatic rings. The second-order valence-corrected chi connectivity index (χ2v) is 6.65. The van der Waals surface area contributed by atoms with Crippen molar-refractivity contribution < 1.29 is 23.4 Å². The van der Waals surface area contributed by atoms with Crippen LogP contribution in [-0.2, 0) is 0 Å². The van der Waals surface area contributed by atoms with Gasteiger partial charge in [0.2, 0.25) is 5.75 Å². The molecule has 2 heterocycles. The number of amides is 1. The molecule has 162 valence electrons. The second-order valence-electron chi connectivity index (χ2n) is 6.65. The predicted octanol–water partition coefficient (Wildman–Crippen LogP) is 3.62. The molecule has 0 radical (unpaired) electrons. The quantitative estimate of drug-likeness (QED) is 0.478. The van der Waals surface area contributed by atoms with Crippen LogP contribution in [0.2, 0.25) is 0 Å². The van der Waals surface area contributed by atoms with E-state index >= 15 is 0 Å². The Morgan fingerprint density at radius 1 is 1.12 bits per heavy atom. The van der Waals surface area contributed by atoms with E-state index in [1.54, 1.807) is 12.1 Å². The Bertz CT molecular complexity index is 1330. The third-order valence-electron chi connectivity index (χ3n) is 4.87. The SMILES string of the molecule is COc1cc(-c2[nH]c3c(C#N)cnn3c2NC(=O)c2ccc(F)cc2)cc(OC)c1OC. The highest BCUT2D eigenvalue weighted by atomic mass is 19.1. The van der Waals surface area contributed by atoms with Crippen molar-refractivity contribution in [3.63, 3.8) is 0 Å². The van der Waals surface area contributed by atoms with Gasteiger partial charge in [-0.25, -0.2) is 4.39 Å². The molecule has 2 aromatic heterocycles. The molecule has 1 amide bonds. The van der Waals surface area contributed by atoms with Gasteiger partial charge < -0.3 is 24.5 Å². The average molecular weight is 435 g/mol. The number of benzene rings is 2. The van der Waals surface area contributed by atoms with E-state index < -0.39 is 11.7 Å². The number of aromatic amines is 1. The van der Waals surface area contributed by atoms with Crippen LogP contribution >= 0.6 is 0 Å². The summed E-state index contributed by atoms with van der Waals surface area (Å²) in [7, 11) is 4.48. The Morgan fingerprint density at radius 2 is 1.78 bits per heavy atom. The van der Waals surface area contributed by atoms with Crippen LogP contribution in [0.4, 0.5) is 10.2 Å². The highest BCUT2D eigenvalue weighted by molar-refractivity contribution is 6.06. The van der Waals surface area contributed by atoms with Gasteiger partial charge in [0.05, 0.1) is 33.2 Å². The minimum absolute atomic E-state index is 0.254. The number of nitriles is 1. The van der Waals surface area contributed by atoms with Crippen molar-refractivity contribution >= 4 is 17.4 Å². The number of carbonyl (C=O) groups excluding carboxylic acids is 1. The maximum atomic E-state index is 13.3. The molecule has 0 bridgehead atoms. The van der Waals surface area contributed by atoms with Crippen molar-refractivity contribution in [3.8, 4) is 34.6 Å². The van der Waals surface area contributed by atoms with E-state index in [0.717, 1.165) is 0 Å². The zero-order valence-electron chi connectivity index (χ0n) is 17.4. The van der Waals surface area contributed by atoms with Gasteiger partial charge >= 0.3 is 0 Å². The normalized spacial score (nSPS) is 10.6. The molecular formula is C22H18FN5O4. The van der Waals surface area contributed by atoms with Crippen molar-refractivity contribution in [1.29, 1.82) is 5.26 Å². The van der Waals surface area contributed by atoms with Crippen LogP contribution in [0.25, 0.3) is 16.9 Å². The van der Waals surface area contributed by atoms with E-state index in [-0.39, 0.29) is 11.4 Å². The maximum absolute atomic E-state index is 13.3. The van der Waals surface area contributed by atoms with Gasteiger partial charge in [0.25, 0.3) is 5.91 Å². The van der Waals surface area contributed by atoms with Gasteiger partial charge in [0, 0.05) is 11.1 Å². The number of methoxy groups -OCH3 is 3. The predicted molar refractivity (Wildman–Crippen MR) is 114 cm³/mol. The summed E-state index contributed by atoms with van der Waals surface area (Å²) in [4.78, 5) is 16.0. The molecule has 0 aliphatic carbocycles. The van der Waals surface area contributed by atoms with Gasteiger partial charge in [-0.05, 0) is 36.4 Å². The molecule has 0 atom stereocenters. The summed E-state index contributed by atoms with van der Waals surface area (Å²) in [6, 6.07) is 10.6. The van der Waals surface area contributed by atoms with E-state index in [2.05, 4.69) is 21.5 Å². The number of H-pyrrole nitrogens is 1. The molecule has 4 rings (SSSR count). The molecule has 32 heavy (non-hydrogen) atoms. The summed E-state index contributed by atoms with van der Waals surface area (Å²) < 4.78 is 30.9. The molecule has 0 fully saturated rings. The summed E-state index contributed by atoms with van der Waals surface area (Å²) in [5.74, 6) is 0.577. The Morgan fingerprint density at radius 3 is 2.34 bits per heavy atom. The molecule has 0 spiro atoms. The van der Waals surface area contributed by atoms with Crippen molar-refractivity contribution in [2.75, 3.05) is 26.6 Å². The van der Waals surface area contributed by atoms with Crippen LogP contribution in [0, 0.1) is 17.1 Å². The molecule has 0 saturated carbocycles. The summed E-state index contributed by atoms with van der Waals surface area (Å²) in [5.41, 5.74) is 1.98. The monoisotopic (exact) mass is 435 g/mol. The van der Waals surface area contributed by atoms with Crippen LogP contribution in [0.3, 0.4) is 0 Å². The van der Waals surface area contributed by atoms with Crippen molar-refractivity contribution in [2.45, 2.75) is 0 Å². The molecule has 9 nitrogen and oxygen atoms in total. The third kappa shape index (κ3) is 3.45. The number of hydrogen-bond donors (Lipinski definition) is 2. The number of rotatable bonds is 6. The zero-order chi connectivity index (χ0) is 22.8. The minimum Gasteiger partial charge on any atom is -0.493 e. The second kappa shape index (κ2) is 8.31. The Balaban J connectivity index is 1.88. The number of carbonyl (C=O) groups is 1. The Hall–Kier alpha value is -4.52. The van der Waals surface area contributed by atoms with Crippen LogP contribution in [0.5, 0.6) is 17.2 Å². The summed E-state index contributed by atoms with van der Waals surface area (Å²) in [6.07, 6.45) is 1.39. The van der Waals surface area contributed by atoms with Crippen molar-refractivity contribution in [1.82, 2.24) is 14.6 Å². The lowest BCUT2D eigenvalue weighted by Crippen LogP contribution is -2.14. The molecule has 0 saturated heterocycles. The fourth-order valence-corrected chi connectivity index (χ4v) is 3.33. The highest BCUT2D eigenvalue weighted by Crippen LogP contribution is 2.42. The van der Waals surface area contributed by atoms with E-state index in [1.165, 1.54) is 56.3 Å². The number of ether oxygens (including phenoxy) is 3. The maximum Gasteiger partial charge on any atom is 0.256 e. The molecule has 0 unspecified atom stereocenters. The number of aromatic nitrogens is 3. The number of imidazole rings is 1. The fourth-order valence-electron chi connectivity index (χ4n) is 3.33. The Kier molecular flexibility index (Phi) is 5.39. The molecule has 2 aromatic carbocycles. The number of hydrogen-bond acceptors (Lipinski definition) is 6. The lowest BCUT2D eigenvalue weighted by atomic mass is 10.1. The number of halogens is 1. The topological polar surface area (TPSA) is 114 Å². The summed E-state index contributed by atoms with van der Waals surface area (Å²) in [6.45, 7) is 0. The highest BCUT2D eigenvalue weighted by Gasteiger charge is 2.23. The first-order chi connectivity index (χ1) is 15.5.